The van der Waals surface area contributed by atoms with Gasteiger partial charge in [0.2, 0.25) is 0 Å². The van der Waals surface area contributed by atoms with E-state index in [4.69, 9.17) is 5.73 Å². The molecule has 21 heavy (non-hydrogen) atoms. The number of thioether (sulfide) groups is 1. The summed E-state index contributed by atoms with van der Waals surface area (Å²) in [6.07, 6.45) is 10.2. The summed E-state index contributed by atoms with van der Waals surface area (Å²) in [5.74, 6) is 2.17. The molecule has 0 bridgehead atoms. The van der Waals surface area contributed by atoms with Crippen molar-refractivity contribution in [1.29, 1.82) is 0 Å². The minimum absolute atomic E-state index is 0.419. The van der Waals surface area contributed by atoms with Gasteiger partial charge in [0, 0.05) is 4.90 Å². The molecule has 0 spiro atoms. The van der Waals surface area contributed by atoms with Gasteiger partial charge >= 0.3 is 0 Å². The fourth-order valence-electron chi connectivity index (χ4n) is 3.17. The van der Waals surface area contributed by atoms with Crippen molar-refractivity contribution >= 4 is 11.8 Å². The lowest BCUT2D eigenvalue weighted by molar-refractivity contribution is 0.170. The van der Waals surface area contributed by atoms with E-state index in [0.29, 0.717) is 13.0 Å². The number of nitrogens with two attached hydrogens (primary N) is 1. The van der Waals surface area contributed by atoms with E-state index < -0.39 is 6.10 Å². The summed E-state index contributed by atoms with van der Waals surface area (Å²) in [4.78, 5) is 1.27. The lowest BCUT2D eigenvalue weighted by atomic mass is 9.86. The highest BCUT2D eigenvalue weighted by molar-refractivity contribution is 7.99. The van der Waals surface area contributed by atoms with E-state index >= 15 is 0 Å². The van der Waals surface area contributed by atoms with Gasteiger partial charge in [-0.2, -0.15) is 0 Å². The standard InChI is InChI=1S/C18H29NOS/c19-12-11-18(20)16-9-4-10-17(14-16)21-13-5-8-15-6-2-1-3-7-15/h4,9-10,14-15,18,20H,1-3,5-8,11-13,19H2. The maximum absolute atomic E-state index is 10.00. The fourth-order valence-corrected chi connectivity index (χ4v) is 4.11. The largest absolute Gasteiger partial charge is 0.388 e. The van der Waals surface area contributed by atoms with Crippen LogP contribution in [0.2, 0.25) is 0 Å². The number of aliphatic hydroxyl groups is 1. The number of hydrogen-bond donors (Lipinski definition) is 2. The molecule has 0 amide bonds. The van der Waals surface area contributed by atoms with E-state index in [0.717, 1.165) is 11.5 Å². The zero-order valence-electron chi connectivity index (χ0n) is 13.0. The molecule has 1 atom stereocenters. The quantitative estimate of drug-likeness (QED) is 0.548. The summed E-state index contributed by atoms with van der Waals surface area (Å²) in [5.41, 5.74) is 6.51. The van der Waals surface area contributed by atoms with Gasteiger partial charge in [0.1, 0.15) is 0 Å². The summed E-state index contributed by atoms with van der Waals surface area (Å²) in [6, 6.07) is 8.29. The molecule has 3 heteroatoms. The van der Waals surface area contributed by atoms with Crippen molar-refractivity contribution in [3.8, 4) is 0 Å². The highest BCUT2D eigenvalue weighted by atomic mass is 32.2. The highest BCUT2D eigenvalue weighted by Gasteiger charge is 2.12. The smallest absolute Gasteiger partial charge is 0.0802 e. The first-order chi connectivity index (χ1) is 10.3. The van der Waals surface area contributed by atoms with Crippen molar-refractivity contribution < 1.29 is 5.11 Å². The first-order valence-corrected chi connectivity index (χ1v) is 9.39. The maximum Gasteiger partial charge on any atom is 0.0802 e. The second-order valence-corrected chi connectivity index (χ2v) is 7.33. The highest BCUT2D eigenvalue weighted by Crippen LogP contribution is 2.29. The van der Waals surface area contributed by atoms with E-state index in [1.165, 1.54) is 55.6 Å². The predicted molar refractivity (Wildman–Crippen MR) is 91.6 cm³/mol. The summed E-state index contributed by atoms with van der Waals surface area (Å²) in [7, 11) is 0. The van der Waals surface area contributed by atoms with Gasteiger partial charge in [-0.05, 0) is 55.2 Å². The van der Waals surface area contributed by atoms with Crippen LogP contribution in [0.3, 0.4) is 0 Å². The molecular weight excluding hydrogens is 278 g/mol. The molecule has 1 aliphatic carbocycles. The Morgan fingerprint density at radius 1 is 1.24 bits per heavy atom. The number of aliphatic hydroxyl groups excluding tert-OH is 1. The summed E-state index contributed by atoms with van der Waals surface area (Å²) in [6.45, 7) is 0.528. The van der Waals surface area contributed by atoms with E-state index in [-0.39, 0.29) is 0 Å². The SMILES string of the molecule is NCCC(O)c1cccc(SCCCC2CCCCC2)c1. The van der Waals surface area contributed by atoms with Gasteiger partial charge in [0.05, 0.1) is 6.10 Å². The molecule has 0 heterocycles. The second kappa shape index (κ2) is 9.50. The van der Waals surface area contributed by atoms with Crippen LogP contribution in [0, 0.1) is 5.92 Å². The topological polar surface area (TPSA) is 46.2 Å². The third-order valence-electron chi connectivity index (χ3n) is 4.43. The first-order valence-electron chi connectivity index (χ1n) is 8.40. The van der Waals surface area contributed by atoms with Crippen LogP contribution >= 0.6 is 11.8 Å². The molecule has 1 saturated carbocycles. The number of hydrogen-bond acceptors (Lipinski definition) is 3. The van der Waals surface area contributed by atoms with Crippen molar-refractivity contribution in [1.82, 2.24) is 0 Å². The fraction of sp³-hybridized carbons (Fsp3) is 0.667. The molecule has 1 aromatic carbocycles. The third kappa shape index (κ3) is 6.01. The Bertz CT molecular complexity index is 404. The summed E-state index contributed by atoms with van der Waals surface area (Å²) < 4.78 is 0. The molecule has 2 rings (SSSR count). The Balaban J connectivity index is 1.71. The van der Waals surface area contributed by atoms with Crippen molar-refractivity contribution in [2.45, 2.75) is 62.4 Å². The Morgan fingerprint density at radius 2 is 2.05 bits per heavy atom. The van der Waals surface area contributed by atoms with E-state index in [1.807, 2.05) is 23.9 Å². The predicted octanol–water partition coefficient (Wildman–Crippen LogP) is 4.52. The molecule has 1 fully saturated rings. The third-order valence-corrected chi connectivity index (χ3v) is 5.51. The van der Waals surface area contributed by atoms with Crippen LogP contribution in [0.25, 0.3) is 0 Å². The molecule has 1 aliphatic rings. The van der Waals surface area contributed by atoms with Crippen LogP contribution in [0.4, 0.5) is 0 Å². The minimum Gasteiger partial charge on any atom is -0.388 e. The Labute approximate surface area is 133 Å². The average molecular weight is 308 g/mol. The molecule has 1 aromatic rings. The first kappa shape index (κ1) is 16.9. The molecule has 2 nitrogen and oxygen atoms in total. The molecule has 1 unspecified atom stereocenters. The summed E-state index contributed by atoms with van der Waals surface area (Å²) >= 11 is 1.92. The van der Waals surface area contributed by atoms with Gasteiger partial charge < -0.3 is 10.8 Å². The van der Waals surface area contributed by atoms with Crippen LogP contribution < -0.4 is 5.73 Å². The normalized spacial score (nSPS) is 17.8. The Kier molecular flexibility index (Phi) is 7.62. The Morgan fingerprint density at radius 3 is 2.81 bits per heavy atom. The lowest BCUT2D eigenvalue weighted by Crippen LogP contribution is -2.06. The molecule has 0 radical (unpaired) electrons. The van der Waals surface area contributed by atoms with Gasteiger partial charge in [0.25, 0.3) is 0 Å². The van der Waals surface area contributed by atoms with Crippen molar-refractivity contribution in [3.63, 3.8) is 0 Å². The Hall–Kier alpha value is -0.510. The van der Waals surface area contributed by atoms with E-state index in [1.54, 1.807) is 0 Å². The second-order valence-electron chi connectivity index (χ2n) is 6.16. The molecular formula is C18H29NOS. The average Bonchev–Trinajstić information content (AvgIpc) is 2.53. The number of benzene rings is 1. The molecule has 0 aromatic heterocycles. The summed E-state index contributed by atoms with van der Waals surface area (Å²) in [5, 5.41) is 10.00. The molecule has 118 valence electrons. The van der Waals surface area contributed by atoms with Gasteiger partial charge in [-0.3, -0.25) is 0 Å². The van der Waals surface area contributed by atoms with Gasteiger partial charge in [0.15, 0.2) is 0 Å². The van der Waals surface area contributed by atoms with Crippen molar-refractivity contribution in [2.75, 3.05) is 12.3 Å². The van der Waals surface area contributed by atoms with Crippen LogP contribution in [0.5, 0.6) is 0 Å². The molecule has 0 aliphatic heterocycles. The minimum atomic E-state index is -0.419. The van der Waals surface area contributed by atoms with Crippen molar-refractivity contribution in [2.24, 2.45) is 11.7 Å². The number of rotatable bonds is 8. The molecule has 0 saturated heterocycles. The van der Waals surface area contributed by atoms with Crippen molar-refractivity contribution in [3.05, 3.63) is 29.8 Å². The lowest BCUT2D eigenvalue weighted by Gasteiger charge is -2.21. The zero-order chi connectivity index (χ0) is 14.9. The van der Waals surface area contributed by atoms with Gasteiger partial charge in [-0.15, -0.1) is 11.8 Å². The van der Waals surface area contributed by atoms with Crippen LogP contribution in [0.1, 0.15) is 63.0 Å². The van der Waals surface area contributed by atoms with Gasteiger partial charge in [-0.25, -0.2) is 0 Å². The van der Waals surface area contributed by atoms with Crippen LogP contribution in [-0.2, 0) is 0 Å². The van der Waals surface area contributed by atoms with Crippen LogP contribution in [0.15, 0.2) is 29.2 Å². The van der Waals surface area contributed by atoms with E-state index in [9.17, 15) is 5.11 Å². The molecule has 3 N–H and O–H groups in total. The zero-order valence-corrected chi connectivity index (χ0v) is 13.8. The van der Waals surface area contributed by atoms with Crippen LogP contribution in [-0.4, -0.2) is 17.4 Å². The van der Waals surface area contributed by atoms with Gasteiger partial charge in [-0.1, -0.05) is 44.2 Å². The van der Waals surface area contributed by atoms with E-state index in [2.05, 4.69) is 12.1 Å². The maximum atomic E-state index is 10.00. The monoisotopic (exact) mass is 307 g/mol.